The third-order valence-electron chi connectivity index (χ3n) is 2.12. The molecule has 2 rings (SSSR count). The molecule has 0 unspecified atom stereocenters. The van der Waals surface area contributed by atoms with Gasteiger partial charge in [-0.3, -0.25) is 0 Å². The lowest BCUT2D eigenvalue weighted by Crippen LogP contribution is -2.23. The van der Waals surface area contributed by atoms with Crippen molar-refractivity contribution < 1.29 is 9.46 Å². The van der Waals surface area contributed by atoms with Gasteiger partial charge in [-0.15, -0.1) is 0 Å². The van der Waals surface area contributed by atoms with Crippen molar-refractivity contribution in [1.82, 2.24) is 0 Å². The Kier molecular flexibility index (Phi) is 2.82. The Morgan fingerprint density at radius 3 is 1.31 bits per heavy atom. The summed E-state index contributed by atoms with van der Waals surface area (Å²) in [5, 5.41) is 21.6. The number of hydrogen-bond donors (Lipinski definition) is 0. The summed E-state index contributed by atoms with van der Waals surface area (Å²) in [5.74, 6) is 0. The molecule has 2 aromatic heterocycles. The molecular weight excluding hydrogens is 204 g/mol. The molecule has 4 heteroatoms. The monoisotopic (exact) mass is 214 g/mol. The second-order valence-corrected chi connectivity index (χ2v) is 3.32. The summed E-state index contributed by atoms with van der Waals surface area (Å²) in [6.45, 7) is 0. The minimum absolute atomic E-state index is 0.736. The molecule has 0 aromatic carbocycles. The lowest BCUT2D eigenvalue weighted by atomic mass is 10.2. The van der Waals surface area contributed by atoms with Crippen LogP contribution in [0.2, 0.25) is 0 Å². The lowest BCUT2D eigenvalue weighted by molar-refractivity contribution is -0.605. The van der Waals surface area contributed by atoms with E-state index in [4.69, 9.17) is 0 Å². The maximum absolute atomic E-state index is 10.8. The topological polar surface area (TPSA) is 53.9 Å². The number of pyridine rings is 2. The van der Waals surface area contributed by atoms with E-state index in [1.807, 2.05) is 12.2 Å². The number of rotatable bonds is 2. The van der Waals surface area contributed by atoms with Crippen molar-refractivity contribution >= 4 is 12.2 Å². The first-order valence-electron chi connectivity index (χ1n) is 4.80. The van der Waals surface area contributed by atoms with Crippen LogP contribution in [0.15, 0.2) is 49.1 Å². The average molecular weight is 214 g/mol. The van der Waals surface area contributed by atoms with Gasteiger partial charge in [-0.2, -0.15) is 9.46 Å². The molecule has 0 aliphatic rings. The second kappa shape index (κ2) is 4.44. The average Bonchev–Trinajstić information content (AvgIpc) is 2.30. The minimum atomic E-state index is 0.736. The first kappa shape index (κ1) is 10.2. The Morgan fingerprint density at radius 2 is 1.00 bits per heavy atom. The van der Waals surface area contributed by atoms with Crippen molar-refractivity contribution in [2.24, 2.45) is 0 Å². The van der Waals surface area contributed by atoms with Gasteiger partial charge in [-0.25, -0.2) is 0 Å². The molecule has 0 N–H and O–H groups in total. The fraction of sp³-hybridized carbons (Fsp3) is 0. The van der Waals surface area contributed by atoms with Crippen LogP contribution in [0.1, 0.15) is 11.1 Å². The van der Waals surface area contributed by atoms with Crippen LogP contribution >= 0.6 is 0 Å². The van der Waals surface area contributed by atoms with Gasteiger partial charge in [0.25, 0.3) is 0 Å². The van der Waals surface area contributed by atoms with Crippen molar-refractivity contribution in [2.45, 2.75) is 0 Å². The third-order valence-corrected chi connectivity index (χ3v) is 2.12. The van der Waals surface area contributed by atoms with E-state index < -0.39 is 0 Å². The quantitative estimate of drug-likeness (QED) is 0.555. The van der Waals surface area contributed by atoms with Crippen LogP contribution in [0.25, 0.3) is 12.2 Å². The molecular formula is C12H10N2O2. The fourth-order valence-corrected chi connectivity index (χ4v) is 1.26. The van der Waals surface area contributed by atoms with Gasteiger partial charge in [0.05, 0.1) is 0 Å². The third kappa shape index (κ3) is 2.57. The molecule has 2 aromatic rings. The lowest BCUT2D eigenvalue weighted by Gasteiger charge is -1.96. The second-order valence-electron chi connectivity index (χ2n) is 3.32. The van der Waals surface area contributed by atoms with E-state index in [9.17, 15) is 10.4 Å². The molecule has 4 nitrogen and oxygen atoms in total. The van der Waals surface area contributed by atoms with Crippen molar-refractivity contribution in [1.29, 1.82) is 0 Å². The fourth-order valence-electron chi connectivity index (χ4n) is 1.26. The van der Waals surface area contributed by atoms with Gasteiger partial charge in [0.2, 0.25) is 0 Å². The van der Waals surface area contributed by atoms with Gasteiger partial charge in [0.15, 0.2) is 24.8 Å². The molecule has 0 radical (unpaired) electrons. The summed E-state index contributed by atoms with van der Waals surface area (Å²) in [7, 11) is 0. The van der Waals surface area contributed by atoms with Gasteiger partial charge < -0.3 is 10.4 Å². The van der Waals surface area contributed by atoms with Crippen molar-refractivity contribution in [3.05, 3.63) is 70.6 Å². The first-order valence-corrected chi connectivity index (χ1v) is 4.80. The smallest absolute Gasteiger partial charge is 0.180 e. The summed E-state index contributed by atoms with van der Waals surface area (Å²) in [4.78, 5) is 0. The summed E-state index contributed by atoms with van der Waals surface area (Å²) < 4.78 is 1.47. The minimum Gasteiger partial charge on any atom is -0.619 e. The Bertz CT molecular complexity index is 442. The maximum atomic E-state index is 10.8. The Morgan fingerprint density at radius 1 is 0.688 bits per heavy atom. The number of hydrogen-bond acceptors (Lipinski definition) is 2. The van der Waals surface area contributed by atoms with Crippen LogP contribution in [0.4, 0.5) is 0 Å². The van der Waals surface area contributed by atoms with Crippen LogP contribution in [0.3, 0.4) is 0 Å². The SMILES string of the molecule is [O-][n+]1ccc(/C=C/c2cc[n+]([O-])cc2)cc1. The standard InChI is InChI=1S/C12H10N2O2/c15-13-7-3-11(4-8-13)1-2-12-5-9-14(16)10-6-12/h1-10H/b2-1+. The van der Waals surface area contributed by atoms with E-state index in [2.05, 4.69) is 0 Å². The van der Waals surface area contributed by atoms with Crippen molar-refractivity contribution in [3.8, 4) is 0 Å². The van der Waals surface area contributed by atoms with E-state index in [-0.39, 0.29) is 0 Å². The molecule has 2 heterocycles. The Hall–Kier alpha value is -2.36. The van der Waals surface area contributed by atoms with Gasteiger partial charge in [0.1, 0.15) is 0 Å². The molecule has 0 fully saturated rings. The van der Waals surface area contributed by atoms with Gasteiger partial charge in [-0.05, 0) is 11.1 Å². The summed E-state index contributed by atoms with van der Waals surface area (Å²) in [6.07, 6.45) is 9.52. The molecule has 0 bridgehead atoms. The maximum Gasteiger partial charge on any atom is 0.180 e. The summed E-state index contributed by atoms with van der Waals surface area (Å²) >= 11 is 0. The highest BCUT2D eigenvalue weighted by atomic mass is 16.5. The van der Waals surface area contributed by atoms with E-state index in [1.165, 1.54) is 24.8 Å². The number of aromatic nitrogens is 2. The Balaban J connectivity index is 2.15. The molecule has 0 aliphatic carbocycles. The van der Waals surface area contributed by atoms with Gasteiger partial charge >= 0.3 is 0 Å². The van der Waals surface area contributed by atoms with Crippen LogP contribution in [-0.2, 0) is 0 Å². The van der Waals surface area contributed by atoms with E-state index in [0.29, 0.717) is 0 Å². The first-order chi connectivity index (χ1) is 7.74. The molecule has 0 aliphatic heterocycles. The largest absolute Gasteiger partial charge is 0.619 e. The predicted molar refractivity (Wildman–Crippen MR) is 59.7 cm³/mol. The van der Waals surface area contributed by atoms with Crippen LogP contribution in [0.5, 0.6) is 0 Å². The highest BCUT2D eigenvalue weighted by Crippen LogP contribution is 2.04. The van der Waals surface area contributed by atoms with E-state index >= 15 is 0 Å². The Labute approximate surface area is 92.9 Å². The van der Waals surface area contributed by atoms with Crippen molar-refractivity contribution in [2.75, 3.05) is 0 Å². The van der Waals surface area contributed by atoms with Gasteiger partial charge in [-0.1, -0.05) is 12.2 Å². The normalized spacial score (nSPS) is 10.8. The highest BCUT2D eigenvalue weighted by Gasteiger charge is 1.92. The van der Waals surface area contributed by atoms with Crippen LogP contribution < -0.4 is 9.46 Å². The predicted octanol–water partition coefficient (Wildman–Crippen LogP) is 1.12. The molecule has 80 valence electrons. The molecule has 0 saturated carbocycles. The summed E-state index contributed by atoms with van der Waals surface area (Å²) in [6, 6.07) is 6.89. The number of nitrogens with zero attached hydrogens (tertiary/aromatic N) is 2. The highest BCUT2D eigenvalue weighted by molar-refractivity contribution is 5.68. The molecule has 16 heavy (non-hydrogen) atoms. The zero-order valence-corrected chi connectivity index (χ0v) is 8.48. The van der Waals surface area contributed by atoms with E-state index in [1.54, 1.807) is 24.3 Å². The molecule has 0 saturated heterocycles. The summed E-state index contributed by atoms with van der Waals surface area (Å²) in [5.41, 5.74) is 1.87. The van der Waals surface area contributed by atoms with E-state index in [0.717, 1.165) is 20.6 Å². The van der Waals surface area contributed by atoms with Crippen LogP contribution in [0, 0.1) is 10.4 Å². The molecule has 0 spiro atoms. The molecule has 0 amide bonds. The zero-order chi connectivity index (χ0) is 11.4. The zero-order valence-electron chi connectivity index (χ0n) is 8.48. The van der Waals surface area contributed by atoms with Gasteiger partial charge in [0, 0.05) is 24.3 Å². The van der Waals surface area contributed by atoms with Crippen LogP contribution in [-0.4, -0.2) is 0 Å². The molecule has 0 atom stereocenters. The van der Waals surface area contributed by atoms with Crippen molar-refractivity contribution in [3.63, 3.8) is 0 Å².